The number of benzene rings is 2. The van der Waals surface area contributed by atoms with Crippen molar-refractivity contribution >= 4 is 17.6 Å². The van der Waals surface area contributed by atoms with Crippen LogP contribution in [0.1, 0.15) is 42.9 Å². The third-order valence-electron chi connectivity index (χ3n) is 6.18. The number of aliphatic carboxylic acids is 1. The molecule has 3 N–H and O–H groups in total. The van der Waals surface area contributed by atoms with Crippen LogP contribution in [-0.4, -0.2) is 57.5 Å². The number of aromatic nitrogens is 6. The fourth-order valence-electron chi connectivity index (χ4n) is 4.19. The summed E-state index contributed by atoms with van der Waals surface area (Å²) in [7, 11) is 0. The molecular formula is C25H24F5N7O3. The van der Waals surface area contributed by atoms with Crippen LogP contribution >= 0.6 is 0 Å². The van der Waals surface area contributed by atoms with E-state index in [2.05, 4.69) is 25.5 Å². The zero-order valence-electron chi connectivity index (χ0n) is 21.2. The largest absolute Gasteiger partial charge is 0.490 e. The van der Waals surface area contributed by atoms with Crippen LogP contribution in [0, 0.1) is 18.6 Å². The number of carboxylic acids is 1. The molecule has 5 rings (SSSR count). The van der Waals surface area contributed by atoms with Crippen molar-refractivity contribution in [2.75, 3.05) is 5.32 Å². The Morgan fingerprint density at radius 2 is 1.82 bits per heavy atom. The molecule has 4 aromatic rings. The van der Waals surface area contributed by atoms with Gasteiger partial charge in [-0.1, -0.05) is 12.1 Å². The summed E-state index contributed by atoms with van der Waals surface area (Å²) in [4.78, 5) is 17.6. The monoisotopic (exact) mass is 565 g/mol. The molecule has 1 aliphatic rings. The zero-order valence-corrected chi connectivity index (χ0v) is 21.2. The van der Waals surface area contributed by atoms with Gasteiger partial charge in [0.05, 0.1) is 5.60 Å². The number of aryl methyl sites for hydroxylation is 2. The molecule has 0 fully saturated rings. The highest BCUT2D eigenvalue weighted by Gasteiger charge is 2.38. The molecule has 1 aliphatic heterocycles. The average Bonchev–Trinajstić information content (AvgIpc) is 3.45. The third kappa shape index (κ3) is 6.59. The summed E-state index contributed by atoms with van der Waals surface area (Å²) in [5.41, 5.74) is 0.716. The Balaban J connectivity index is 0.000000470. The number of carbonyl (C=O) groups is 1. The molecule has 0 spiro atoms. The number of nitrogens with zero attached hydrogens (tertiary/aromatic N) is 6. The quantitative estimate of drug-likeness (QED) is 0.309. The first-order valence-corrected chi connectivity index (χ1v) is 11.9. The van der Waals surface area contributed by atoms with E-state index >= 15 is 0 Å². The Kier molecular flexibility index (Phi) is 7.86. The van der Waals surface area contributed by atoms with Gasteiger partial charge in [0.1, 0.15) is 29.5 Å². The van der Waals surface area contributed by atoms with Gasteiger partial charge in [0.25, 0.3) is 0 Å². The number of aliphatic hydroxyl groups is 1. The van der Waals surface area contributed by atoms with Crippen LogP contribution in [0.15, 0.2) is 48.8 Å². The van der Waals surface area contributed by atoms with Crippen molar-refractivity contribution in [3.05, 3.63) is 77.6 Å². The Morgan fingerprint density at radius 1 is 1.15 bits per heavy atom. The van der Waals surface area contributed by atoms with Crippen LogP contribution in [0.25, 0.3) is 5.69 Å². The van der Waals surface area contributed by atoms with Gasteiger partial charge in [-0.15, -0.1) is 5.10 Å². The number of fused-ring (bicyclic) bond motifs is 1. The fourth-order valence-corrected chi connectivity index (χ4v) is 4.19. The number of carboxylic acid groups (broad SMARTS) is 1. The minimum absolute atomic E-state index is 0.263. The van der Waals surface area contributed by atoms with Crippen molar-refractivity contribution in [2.45, 2.75) is 50.9 Å². The normalized spacial score (nSPS) is 18.8. The van der Waals surface area contributed by atoms with Gasteiger partial charge in [0.2, 0.25) is 5.95 Å². The van der Waals surface area contributed by atoms with Gasteiger partial charge in [-0.25, -0.2) is 27.9 Å². The lowest BCUT2D eigenvalue weighted by atomic mass is 9.86. The second-order valence-electron chi connectivity index (χ2n) is 9.39. The van der Waals surface area contributed by atoms with Gasteiger partial charge in [-0.3, -0.25) is 0 Å². The van der Waals surface area contributed by atoms with Gasteiger partial charge >= 0.3 is 12.1 Å². The summed E-state index contributed by atoms with van der Waals surface area (Å²) < 4.78 is 63.1. The van der Waals surface area contributed by atoms with Crippen LogP contribution in [0.3, 0.4) is 0 Å². The topological polar surface area (TPSA) is 131 Å². The number of hydrogen-bond donors (Lipinski definition) is 3. The average molecular weight is 566 g/mol. The Labute approximate surface area is 224 Å². The van der Waals surface area contributed by atoms with E-state index in [1.165, 1.54) is 29.2 Å². The van der Waals surface area contributed by atoms with Gasteiger partial charge in [-0.05, 0) is 62.6 Å². The summed E-state index contributed by atoms with van der Waals surface area (Å²) in [5.74, 6) is -2.24. The summed E-state index contributed by atoms with van der Waals surface area (Å²) in [6.45, 7) is 4.01. The fraction of sp³-hybridized carbons (Fsp3) is 0.320. The minimum atomic E-state index is -5.08. The molecule has 2 atom stereocenters. The lowest BCUT2D eigenvalue weighted by molar-refractivity contribution is -0.192. The Hall–Kier alpha value is -4.40. The molecule has 0 amide bonds. The number of hydrogen-bond acceptors (Lipinski definition) is 7. The van der Waals surface area contributed by atoms with E-state index in [9.17, 15) is 27.1 Å². The van der Waals surface area contributed by atoms with Crippen LogP contribution in [-0.2, 0) is 11.3 Å². The highest BCUT2D eigenvalue weighted by atomic mass is 19.4. The van der Waals surface area contributed by atoms with Crippen molar-refractivity contribution in [2.24, 2.45) is 0 Å². The van der Waals surface area contributed by atoms with Crippen molar-refractivity contribution in [3.63, 3.8) is 0 Å². The maximum absolute atomic E-state index is 14.7. The minimum Gasteiger partial charge on any atom is -0.475 e. The molecule has 2 aromatic heterocycles. The van der Waals surface area contributed by atoms with E-state index in [0.29, 0.717) is 48.4 Å². The van der Waals surface area contributed by atoms with Crippen LogP contribution < -0.4 is 5.32 Å². The van der Waals surface area contributed by atoms with E-state index < -0.39 is 23.6 Å². The van der Waals surface area contributed by atoms with E-state index in [4.69, 9.17) is 9.90 Å². The van der Waals surface area contributed by atoms with Crippen LogP contribution in [0.5, 0.6) is 0 Å². The summed E-state index contributed by atoms with van der Waals surface area (Å²) >= 11 is 0. The molecule has 15 heteroatoms. The van der Waals surface area contributed by atoms with Gasteiger partial charge in [-0.2, -0.15) is 23.3 Å². The van der Waals surface area contributed by atoms with E-state index in [1.54, 1.807) is 42.8 Å². The highest BCUT2D eigenvalue weighted by Crippen LogP contribution is 2.37. The lowest BCUT2D eigenvalue weighted by Gasteiger charge is -2.24. The molecule has 0 bridgehead atoms. The molecule has 0 aliphatic carbocycles. The number of anilines is 2. The molecule has 0 unspecified atom stereocenters. The molecule has 0 saturated heterocycles. The maximum Gasteiger partial charge on any atom is 0.490 e. The van der Waals surface area contributed by atoms with Crippen molar-refractivity contribution in [1.29, 1.82) is 0 Å². The Bertz CT molecular complexity index is 1500. The molecule has 0 radical (unpaired) electrons. The van der Waals surface area contributed by atoms with Crippen LogP contribution in [0.4, 0.5) is 33.6 Å². The first-order chi connectivity index (χ1) is 18.7. The molecule has 3 heterocycles. The Morgan fingerprint density at radius 3 is 2.40 bits per heavy atom. The van der Waals surface area contributed by atoms with Crippen molar-refractivity contribution in [1.82, 2.24) is 29.5 Å². The number of nitrogens with one attached hydrogen (secondary N) is 1. The van der Waals surface area contributed by atoms with E-state index in [-0.39, 0.29) is 11.7 Å². The molecule has 212 valence electrons. The second-order valence-corrected chi connectivity index (χ2v) is 9.39. The highest BCUT2D eigenvalue weighted by molar-refractivity contribution is 5.73. The maximum atomic E-state index is 14.7. The molecule has 0 saturated carbocycles. The summed E-state index contributed by atoms with van der Waals surface area (Å²) in [6, 6.07) is 10.9. The smallest absolute Gasteiger partial charge is 0.475 e. The predicted octanol–water partition coefficient (Wildman–Crippen LogP) is 4.50. The van der Waals surface area contributed by atoms with E-state index in [1.807, 2.05) is 0 Å². The first-order valence-electron chi connectivity index (χ1n) is 11.9. The lowest BCUT2D eigenvalue weighted by Crippen LogP contribution is -2.26. The standard InChI is InChI=1S/C23H23F2N7O.C2HF3O2/c1-14-26-13-27-32(14)20-8-7-17(11-19(20)25)28-22-29-21-18(15-3-5-16(24)6-4-15)12-23(2,33)9-10-31(21)30-22;3-2(4,5)1(6)7/h3-8,11,13,18,33H,9-10,12H2,1-2H3,(H,28,30);(H,6,7)/t18-,23+;/m1./s1. The number of alkyl halides is 3. The summed E-state index contributed by atoms with van der Waals surface area (Å²) in [5, 5.41) is 29.5. The number of halogens is 5. The second kappa shape index (κ2) is 11.0. The van der Waals surface area contributed by atoms with Gasteiger partial charge in [0.15, 0.2) is 5.82 Å². The predicted molar refractivity (Wildman–Crippen MR) is 131 cm³/mol. The first kappa shape index (κ1) is 28.6. The van der Waals surface area contributed by atoms with Gasteiger partial charge in [0, 0.05) is 18.2 Å². The third-order valence-corrected chi connectivity index (χ3v) is 6.18. The van der Waals surface area contributed by atoms with Crippen molar-refractivity contribution < 1.29 is 37.0 Å². The SMILES string of the molecule is Cc1ncnn1-c1ccc(Nc2nc3n(n2)CC[C@](C)(O)C[C@@H]3c2ccc(F)cc2)cc1F.O=C(O)C(F)(F)F. The zero-order chi connectivity index (χ0) is 29.2. The van der Waals surface area contributed by atoms with Crippen molar-refractivity contribution in [3.8, 4) is 5.69 Å². The summed E-state index contributed by atoms with van der Waals surface area (Å²) in [6.07, 6.45) is -2.78. The molecular weight excluding hydrogens is 541 g/mol. The molecule has 2 aromatic carbocycles. The van der Waals surface area contributed by atoms with E-state index in [0.717, 1.165) is 5.56 Å². The van der Waals surface area contributed by atoms with Crippen LogP contribution in [0.2, 0.25) is 0 Å². The molecule has 10 nitrogen and oxygen atoms in total. The molecule has 40 heavy (non-hydrogen) atoms. The van der Waals surface area contributed by atoms with Gasteiger partial charge < -0.3 is 15.5 Å². The number of rotatable bonds is 4.